The molecule has 13 heteroatoms. The van der Waals surface area contributed by atoms with Crippen LogP contribution in [0, 0.1) is 11.3 Å². The number of likely N-dealkylation sites (tertiary alicyclic amines) is 4. The van der Waals surface area contributed by atoms with Crippen LogP contribution >= 0.6 is 0 Å². The van der Waals surface area contributed by atoms with Gasteiger partial charge in [-0.15, -0.1) is 0 Å². The summed E-state index contributed by atoms with van der Waals surface area (Å²) < 4.78 is 12.0. The van der Waals surface area contributed by atoms with E-state index in [9.17, 15) is 24.0 Å². The molecule has 1 unspecified atom stereocenters. The van der Waals surface area contributed by atoms with Crippen molar-refractivity contribution in [1.82, 2.24) is 29.8 Å². The van der Waals surface area contributed by atoms with Crippen molar-refractivity contribution in [2.45, 2.75) is 181 Å². The molecule has 4 rings (SSSR count). The zero-order valence-electron chi connectivity index (χ0n) is 36.4. The summed E-state index contributed by atoms with van der Waals surface area (Å²) >= 11 is 0. The molecule has 0 radical (unpaired) electrons. The van der Waals surface area contributed by atoms with E-state index < -0.39 is 46.8 Å². The summed E-state index contributed by atoms with van der Waals surface area (Å²) in [5, 5.41) is 3.14. The van der Waals surface area contributed by atoms with E-state index in [1.165, 1.54) is 0 Å². The van der Waals surface area contributed by atoms with Crippen molar-refractivity contribution in [2.24, 2.45) is 11.3 Å². The third kappa shape index (κ3) is 11.4. The number of carbonyl (C=O) groups is 5. The topological polar surface area (TPSA) is 132 Å². The maximum absolute atomic E-state index is 14.5. The second-order valence-electron chi connectivity index (χ2n) is 20.0. The minimum absolute atomic E-state index is 0.0724. The number of piperidine rings is 1. The molecule has 4 heterocycles. The lowest BCUT2D eigenvalue weighted by atomic mass is 9.84. The Kier molecular flexibility index (Phi) is 14.5. The Morgan fingerprint density at radius 2 is 1.35 bits per heavy atom. The molecule has 0 aromatic heterocycles. The number of likely N-dealkylation sites (N-methyl/N-ethyl adjacent to an activating group) is 2. The Bertz CT molecular complexity index is 1380. The number of amides is 4. The number of rotatable bonds is 11. The van der Waals surface area contributed by atoms with Crippen LogP contribution < -0.4 is 5.32 Å². The Labute approximate surface area is 331 Å². The first kappa shape index (κ1) is 44.9. The number of carbonyl (C=O) groups excluding carboxylic acids is 5. The number of esters is 1. The van der Waals surface area contributed by atoms with Crippen LogP contribution in [-0.2, 0) is 33.4 Å². The largest absolute Gasteiger partial charge is 0.458 e. The van der Waals surface area contributed by atoms with E-state index >= 15 is 0 Å². The Morgan fingerprint density at radius 1 is 0.745 bits per heavy atom. The fourth-order valence-corrected chi connectivity index (χ4v) is 8.90. The maximum Gasteiger partial charge on any atom is 0.329 e. The van der Waals surface area contributed by atoms with Gasteiger partial charge < -0.3 is 29.5 Å². The van der Waals surface area contributed by atoms with Gasteiger partial charge in [-0.3, -0.25) is 29.0 Å². The van der Waals surface area contributed by atoms with Crippen LogP contribution in [0.2, 0.25) is 0 Å². The van der Waals surface area contributed by atoms with Crippen molar-refractivity contribution in [3.05, 3.63) is 0 Å². The molecule has 4 saturated heterocycles. The van der Waals surface area contributed by atoms with E-state index in [0.717, 1.165) is 32.2 Å². The summed E-state index contributed by atoms with van der Waals surface area (Å²) in [6.45, 7) is 24.3. The predicted octanol–water partition coefficient (Wildman–Crippen LogP) is 4.07. The predicted molar refractivity (Wildman–Crippen MR) is 213 cm³/mol. The van der Waals surface area contributed by atoms with Crippen molar-refractivity contribution < 1.29 is 33.4 Å². The van der Waals surface area contributed by atoms with Gasteiger partial charge in [-0.05, 0) is 112 Å². The zero-order valence-corrected chi connectivity index (χ0v) is 36.4. The van der Waals surface area contributed by atoms with Gasteiger partial charge in [0.25, 0.3) is 0 Å². The smallest absolute Gasteiger partial charge is 0.329 e. The van der Waals surface area contributed by atoms with Gasteiger partial charge in [0, 0.05) is 39.1 Å². The average molecular weight is 775 g/mol. The fourth-order valence-electron chi connectivity index (χ4n) is 8.90. The fraction of sp³-hybridized carbons (Fsp3) is 0.881. The first-order valence-electron chi connectivity index (χ1n) is 20.9. The second kappa shape index (κ2) is 17.8. The zero-order chi connectivity index (χ0) is 41.2. The van der Waals surface area contributed by atoms with Crippen molar-refractivity contribution >= 4 is 29.6 Å². The quantitative estimate of drug-likeness (QED) is 0.309. The third-order valence-corrected chi connectivity index (χ3v) is 11.7. The van der Waals surface area contributed by atoms with E-state index in [1.54, 1.807) is 14.7 Å². The molecule has 0 aliphatic carbocycles. The van der Waals surface area contributed by atoms with Crippen molar-refractivity contribution in [2.75, 3.05) is 46.8 Å². The van der Waals surface area contributed by atoms with Crippen LogP contribution in [0.1, 0.15) is 128 Å². The lowest BCUT2D eigenvalue weighted by molar-refractivity contribution is -0.164. The SMILES string of the molecule is CC(C)[C@@H](CN1CCC[C@H]1C(=O)N1CCC[C@H]1C(=O)N1C[C@@H](OC(C)(C)C)C[C@H]1C(=O)OC(C)(C)C)N(C)C(=O)[C@@H](NC(=O)C1CCCCN1C)C(C)(C)C. The number of hydrogen-bond donors (Lipinski definition) is 1. The van der Waals surface area contributed by atoms with E-state index in [2.05, 4.69) is 29.0 Å². The molecule has 0 bridgehead atoms. The highest BCUT2D eigenvalue weighted by Gasteiger charge is 2.49. The molecule has 4 aliphatic heterocycles. The highest BCUT2D eigenvalue weighted by molar-refractivity contribution is 5.93. The molecular weight excluding hydrogens is 700 g/mol. The van der Waals surface area contributed by atoms with Crippen LogP contribution in [0.15, 0.2) is 0 Å². The van der Waals surface area contributed by atoms with Crippen LogP contribution in [0.25, 0.3) is 0 Å². The Balaban J connectivity index is 1.49. The lowest BCUT2D eigenvalue weighted by Gasteiger charge is -2.41. The van der Waals surface area contributed by atoms with Gasteiger partial charge in [0.2, 0.25) is 23.6 Å². The van der Waals surface area contributed by atoms with Crippen LogP contribution in [0.5, 0.6) is 0 Å². The van der Waals surface area contributed by atoms with Gasteiger partial charge >= 0.3 is 5.97 Å². The standard InChI is InChI=1S/C42H74N6O7/c1-27(2)33(45(13)38(52)34(40(3,4)5)43-35(49)29-18-14-15-21-44(29)12)26-46-22-16-19-30(46)36(50)47-23-17-20-31(47)37(51)48-25-28(54-41(6,7)8)24-32(48)39(53)55-42(9,10)11/h27-34H,14-26H2,1-13H3,(H,43,49)/t28-,29?,30-,31-,32-,33+,34+/m0/s1. The third-order valence-electron chi connectivity index (χ3n) is 11.7. The van der Waals surface area contributed by atoms with Crippen LogP contribution in [0.4, 0.5) is 0 Å². The molecule has 4 aliphatic rings. The molecular formula is C42H74N6O7. The summed E-state index contributed by atoms with van der Waals surface area (Å²) in [5.41, 5.74) is -1.68. The second-order valence-corrected chi connectivity index (χ2v) is 20.0. The number of nitrogens with one attached hydrogen (secondary N) is 1. The van der Waals surface area contributed by atoms with Gasteiger partial charge in [0.15, 0.2) is 0 Å². The highest BCUT2D eigenvalue weighted by Crippen LogP contribution is 2.32. The number of ether oxygens (including phenoxy) is 2. The molecule has 4 fully saturated rings. The van der Waals surface area contributed by atoms with Crippen LogP contribution in [0.3, 0.4) is 0 Å². The van der Waals surface area contributed by atoms with Crippen molar-refractivity contribution in [3.63, 3.8) is 0 Å². The summed E-state index contributed by atoms with van der Waals surface area (Å²) in [4.78, 5) is 79.6. The molecule has 4 amide bonds. The lowest BCUT2D eigenvalue weighted by Crippen LogP contribution is -2.61. The first-order chi connectivity index (χ1) is 25.4. The Morgan fingerprint density at radius 3 is 1.93 bits per heavy atom. The number of nitrogens with zero attached hydrogens (tertiary/aromatic N) is 5. The first-order valence-corrected chi connectivity index (χ1v) is 20.9. The Hall–Kier alpha value is -2.77. The molecule has 0 aromatic carbocycles. The van der Waals surface area contributed by atoms with E-state index in [-0.39, 0.29) is 54.3 Å². The normalized spacial score (nSPS) is 27.0. The van der Waals surface area contributed by atoms with Crippen molar-refractivity contribution in [1.29, 1.82) is 0 Å². The average Bonchev–Trinajstić information content (AvgIpc) is 3.83. The summed E-state index contributed by atoms with van der Waals surface area (Å²) in [5.74, 6) is -0.914. The van der Waals surface area contributed by atoms with Crippen LogP contribution in [-0.4, -0.2) is 154 Å². The monoisotopic (exact) mass is 775 g/mol. The maximum atomic E-state index is 14.5. The van der Waals surface area contributed by atoms with Gasteiger partial charge in [-0.2, -0.15) is 0 Å². The molecule has 13 nitrogen and oxygen atoms in total. The highest BCUT2D eigenvalue weighted by atomic mass is 16.6. The molecule has 0 aromatic rings. The minimum atomic E-state index is -0.787. The minimum Gasteiger partial charge on any atom is -0.458 e. The molecule has 55 heavy (non-hydrogen) atoms. The van der Waals surface area contributed by atoms with Gasteiger partial charge in [-0.25, -0.2) is 4.79 Å². The van der Waals surface area contributed by atoms with Gasteiger partial charge in [0.1, 0.15) is 23.7 Å². The van der Waals surface area contributed by atoms with E-state index in [1.807, 2.05) is 76.4 Å². The molecule has 7 atom stereocenters. The van der Waals surface area contributed by atoms with E-state index in [0.29, 0.717) is 45.3 Å². The molecule has 0 saturated carbocycles. The molecule has 1 N–H and O–H groups in total. The van der Waals surface area contributed by atoms with Gasteiger partial charge in [0.05, 0.1) is 23.8 Å². The number of hydrogen-bond acceptors (Lipinski definition) is 9. The van der Waals surface area contributed by atoms with Crippen molar-refractivity contribution in [3.8, 4) is 0 Å². The molecule has 314 valence electrons. The summed E-state index contributed by atoms with van der Waals surface area (Å²) in [6.07, 6.45) is 5.58. The summed E-state index contributed by atoms with van der Waals surface area (Å²) in [6, 6.07) is -3.05. The van der Waals surface area contributed by atoms with E-state index in [4.69, 9.17) is 9.47 Å². The molecule has 0 spiro atoms. The van der Waals surface area contributed by atoms with Gasteiger partial charge in [-0.1, -0.05) is 41.0 Å². The summed E-state index contributed by atoms with van der Waals surface area (Å²) in [7, 11) is 3.79.